The van der Waals surface area contributed by atoms with E-state index in [9.17, 15) is 4.79 Å². The van der Waals surface area contributed by atoms with E-state index >= 15 is 0 Å². The van der Waals surface area contributed by atoms with Crippen LogP contribution >= 0.6 is 0 Å². The maximum Gasteiger partial charge on any atom is 0.340 e. The quantitative estimate of drug-likeness (QED) is 0.256. The number of carbonyl (C=O) groups excluding carboxylic acids is 1. The molecule has 1 aromatic rings. The molecule has 6 nitrogen and oxygen atoms in total. The second-order valence-electron chi connectivity index (χ2n) is 7.39. The lowest BCUT2D eigenvalue weighted by atomic mass is 9.84. The van der Waals surface area contributed by atoms with Gasteiger partial charge in [-0.15, -0.1) is 0 Å². The fourth-order valence-corrected chi connectivity index (χ4v) is 3.58. The van der Waals surface area contributed by atoms with Gasteiger partial charge in [0.05, 0.1) is 18.3 Å². The second-order valence-corrected chi connectivity index (χ2v) is 7.39. The highest BCUT2D eigenvalue weighted by atomic mass is 16.5. The zero-order valence-electron chi connectivity index (χ0n) is 15.5. The van der Waals surface area contributed by atoms with Crippen LogP contribution in [0, 0.1) is 0 Å². The number of fused-ring (bicyclic) bond motifs is 3. The van der Waals surface area contributed by atoms with Crippen LogP contribution in [-0.4, -0.2) is 24.3 Å². The summed E-state index contributed by atoms with van der Waals surface area (Å²) in [5, 5.41) is 3.43. The average Bonchev–Trinajstić information content (AvgIpc) is 2.91. The lowest BCUT2D eigenvalue weighted by molar-refractivity contribution is -0.136. The van der Waals surface area contributed by atoms with Crippen molar-refractivity contribution in [2.24, 2.45) is 5.11 Å². The molecule has 3 rings (SSSR count). The van der Waals surface area contributed by atoms with Gasteiger partial charge in [0.15, 0.2) is 0 Å². The molecule has 1 aliphatic carbocycles. The number of esters is 1. The van der Waals surface area contributed by atoms with E-state index in [0.717, 1.165) is 27.8 Å². The van der Waals surface area contributed by atoms with Crippen LogP contribution in [0.4, 0.5) is 0 Å². The van der Waals surface area contributed by atoms with E-state index in [-0.39, 0.29) is 11.3 Å². The van der Waals surface area contributed by atoms with Crippen LogP contribution in [0.1, 0.15) is 44.4 Å². The Labute approximate surface area is 152 Å². The van der Waals surface area contributed by atoms with E-state index in [1.54, 1.807) is 0 Å². The maximum atomic E-state index is 11.7. The molecule has 0 spiro atoms. The minimum absolute atomic E-state index is 0.0808. The largest absolute Gasteiger partial charge is 0.466 e. The monoisotopic (exact) mass is 351 g/mol. The van der Waals surface area contributed by atoms with Crippen molar-refractivity contribution in [3.8, 4) is 0 Å². The van der Waals surface area contributed by atoms with Crippen molar-refractivity contribution in [2.45, 2.75) is 38.9 Å². The molecule has 6 heteroatoms. The Bertz CT molecular complexity index is 930. The van der Waals surface area contributed by atoms with Crippen LogP contribution in [0.5, 0.6) is 0 Å². The first-order valence-corrected chi connectivity index (χ1v) is 8.32. The van der Waals surface area contributed by atoms with Crippen LogP contribution < -0.4 is 0 Å². The first kappa shape index (κ1) is 18.0. The molecule has 0 bridgehead atoms. The third kappa shape index (κ3) is 3.17. The van der Waals surface area contributed by atoms with Gasteiger partial charge in [-0.05, 0) is 85.4 Å². The zero-order chi connectivity index (χ0) is 19.1. The lowest BCUT2D eigenvalue weighted by Gasteiger charge is -2.41. The van der Waals surface area contributed by atoms with Gasteiger partial charge in [-0.25, -0.2) is 4.79 Å². The van der Waals surface area contributed by atoms with Gasteiger partial charge < -0.3 is 9.47 Å². The van der Waals surface area contributed by atoms with Crippen molar-refractivity contribution in [1.82, 2.24) is 0 Å². The van der Waals surface area contributed by atoms with Gasteiger partial charge in [0.25, 0.3) is 0 Å². The Kier molecular flexibility index (Phi) is 4.26. The molecular formula is C20H21N3O3. The SMILES string of the molecule is COC(=O)/C(=C/c1ccc2c(c1)C1=CC(C)(C)OC(C)(C)C1=C2)N=[N+]=[N-]. The van der Waals surface area contributed by atoms with E-state index in [1.807, 2.05) is 32.0 Å². The Balaban J connectivity index is 2.10. The molecule has 0 fully saturated rings. The molecule has 1 aromatic carbocycles. The molecule has 0 atom stereocenters. The Morgan fingerprint density at radius 3 is 2.69 bits per heavy atom. The summed E-state index contributed by atoms with van der Waals surface area (Å²) in [6.07, 6.45) is 5.79. The zero-order valence-corrected chi connectivity index (χ0v) is 15.5. The molecule has 0 saturated carbocycles. The van der Waals surface area contributed by atoms with Gasteiger partial charge in [0.1, 0.15) is 5.70 Å². The van der Waals surface area contributed by atoms with E-state index in [2.05, 4.69) is 40.8 Å². The minimum atomic E-state index is -0.672. The molecule has 0 N–H and O–H groups in total. The fourth-order valence-electron chi connectivity index (χ4n) is 3.58. The first-order valence-electron chi connectivity index (χ1n) is 8.32. The standard InChI is InChI=1S/C20H21N3O3/c1-19(2)11-15-14-8-12(9-17(22-23-21)18(24)25-5)6-7-13(14)10-16(15)20(3,4)26-19/h6-11H,1-5H3/b17-9-. The fraction of sp³-hybridized carbons (Fsp3) is 0.350. The maximum absolute atomic E-state index is 11.7. The molecule has 0 unspecified atom stereocenters. The molecule has 1 heterocycles. The van der Waals surface area contributed by atoms with Gasteiger partial charge in [-0.1, -0.05) is 17.2 Å². The highest BCUT2D eigenvalue weighted by Crippen LogP contribution is 2.48. The molecule has 26 heavy (non-hydrogen) atoms. The van der Waals surface area contributed by atoms with Crippen molar-refractivity contribution < 1.29 is 14.3 Å². The number of hydrogen-bond donors (Lipinski definition) is 0. The van der Waals surface area contributed by atoms with Crippen molar-refractivity contribution in [2.75, 3.05) is 7.11 Å². The van der Waals surface area contributed by atoms with Crippen LogP contribution in [0.3, 0.4) is 0 Å². The van der Waals surface area contributed by atoms with E-state index in [0.29, 0.717) is 0 Å². The predicted molar refractivity (Wildman–Crippen MR) is 101 cm³/mol. The number of methoxy groups -OCH3 is 1. The minimum Gasteiger partial charge on any atom is -0.466 e. The normalized spacial score (nSPS) is 19.5. The van der Waals surface area contributed by atoms with Gasteiger partial charge in [0.2, 0.25) is 0 Å². The predicted octanol–water partition coefficient (Wildman–Crippen LogP) is 4.88. The third-order valence-corrected chi connectivity index (χ3v) is 4.47. The summed E-state index contributed by atoms with van der Waals surface area (Å²) in [5.41, 5.74) is 13.0. The highest BCUT2D eigenvalue weighted by molar-refractivity contribution is 5.98. The summed E-state index contributed by atoms with van der Waals surface area (Å²) in [7, 11) is 1.25. The summed E-state index contributed by atoms with van der Waals surface area (Å²) in [5.74, 6) is -0.672. The summed E-state index contributed by atoms with van der Waals surface area (Å²) >= 11 is 0. The number of nitrogens with zero attached hydrogens (tertiary/aromatic N) is 3. The molecule has 134 valence electrons. The van der Waals surface area contributed by atoms with E-state index in [4.69, 9.17) is 10.3 Å². The first-order chi connectivity index (χ1) is 12.2. The Morgan fingerprint density at radius 2 is 2.04 bits per heavy atom. The Morgan fingerprint density at radius 1 is 1.31 bits per heavy atom. The highest BCUT2D eigenvalue weighted by Gasteiger charge is 2.40. The van der Waals surface area contributed by atoms with Crippen molar-refractivity contribution in [1.29, 1.82) is 0 Å². The lowest BCUT2D eigenvalue weighted by Crippen LogP contribution is -2.40. The summed E-state index contributed by atoms with van der Waals surface area (Å²) in [6.45, 7) is 8.21. The number of hydrogen-bond acceptors (Lipinski definition) is 4. The molecule has 0 radical (unpaired) electrons. The Hall–Kier alpha value is -2.82. The second kappa shape index (κ2) is 6.16. The van der Waals surface area contributed by atoms with Gasteiger partial charge in [0, 0.05) is 4.91 Å². The molecule has 1 aliphatic heterocycles. The summed E-state index contributed by atoms with van der Waals surface area (Å²) < 4.78 is 10.9. The van der Waals surface area contributed by atoms with Crippen LogP contribution in [0.15, 0.2) is 40.7 Å². The number of rotatable bonds is 3. The topological polar surface area (TPSA) is 84.3 Å². The van der Waals surface area contributed by atoms with Crippen LogP contribution in [0.25, 0.3) is 28.2 Å². The smallest absolute Gasteiger partial charge is 0.340 e. The third-order valence-electron chi connectivity index (χ3n) is 4.47. The van der Waals surface area contributed by atoms with Crippen LogP contribution in [-0.2, 0) is 14.3 Å². The molecule has 0 aromatic heterocycles. The molecular weight excluding hydrogens is 330 g/mol. The van der Waals surface area contributed by atoms with Gasteiger partial charge in [-0.2, -0.15) is 0 Å². The van der Waals surface area contributed by atoms with E-state index < -0.39 is 11.6 Å². The summed E-state index contributed by atoms with van der Waals surface area (Å²) in [4.78, 5) is 14.4. The molecule has 0 amide bonds. The molecule has 2 aliphatic rings. The van der Waals surface area contributed by atoms with Gasteiger partial charge in [-0.3, -0.25) is 0 Å². The number of azide groups is 1. The number of benzene rings is 1. The van der Waals surface area contributed by atoms with E-state index in [1.165, 1.54) is 13.2 Å². The van der Waals surface area contributed by atoms with Crippen LogP contribution in [0.2, 0.25) is 0 Å². The number of carbonyl (C=O) groups is 1. The number of ether oxygens (including phenoxy) is 2. The molecule has 0 saturated heterocycles. The van der Waals surface area contributed by atoms with Gasteiger partial charge >= 0.3 is 5.97 Å². The van der Waals surface area contributed by atoms with Crippen molar-refractivity contribution in [3.05, 3.63) is 62.7 Å². The summed E-state index contributed by atoms with van der Waals surface area (Å²) in [6, 6.07) is 5.85. The van der Waals surface area contributed by atoms with Crippen molar-refractivity contribution >= 4 is 23.7 Å². The average molecular weight is 351 g/mol. The van der Waals surface area contributed by atoms with Crippen molar-refractivity contribution in [3.63, 3.8) is 0 Å².